The minimum Gasteiger partial charge on any atom is -0.444 e. The van der Waals surface area contributed by atoms with Crippen LogP contribution in [0.1, 0.15) is 33.3 Å². The zero-order chi connectivity index (χ0) is 17.6. The molecule has 1 aromatic carbocycles. The summed E-state index contributed by atoms with van der Waals surface area (Å²) in [5.41, 5.74) is 0.604. The highest BCUT2D eigenvalue weighted by Gasteiger charge is 2.20. The van der Waals surface area contributed by atoms with Gasteiger partial charge in [-0.05, 0) is 50.9 Å². The average Bonchev–Trinajstić information content (AvgIpc) is 2.40. The Balaban J connectivity index is 2.34. The molecule has 1 unspecified atom stereocenters. The van der Waals surface area contributed by atoms with Crippen LogP contribution >= 0.6 is 23.2 Å². The van der Waals surface area contributed by atoms with Gasteiger partial charge in [0.1, 0.15) is 5.60 Å². The Hall–Kier alpha value is -0.970. The molecule has 0 aliphatic carbocycles. The molecule has 0 radical (unpaired) electrons. The maximum atomic E-state index is 11.9. The first-order chi connectivity index (χ1) is 10.6. The number of carbonyl (C=O) groups excluding carboxylic acids is 1. The van der Waals surface area contributed by atoms with Crippen LogP contribution < -0.4 is 5.32 Å². The van der Waals surface area contributed by atoms with Gasteiger partial charge < -0.3 is 15.0 Å². The number of rotatable bonds is 6. The van der Waals surface area contributed by atoms with Crippen LogP contribution in [0.2, 0.25) is 10.0 Å². The summed E-state index contributed by atoms with van der Waals surface area (Å²) >= 11 is 11.9. The third kappa shape index (κ3) is 7.91. The molecule has 0 fully saturated rings. The Morgan fingerprint density at radius 2 is 1.96 bits per heavy atom. The van der Waals surface area contributed by atoms with Crippen molar-refractivity contribution in [3.8, 4) is 0 Å². The summed E-state index contributed by atoms with van der Waals surface area (Å²) in [5, 5.41) is 4.48. The van der Waals surface area contributed by atoms with Crippen LogP contribution in [0, 0.1) is 5.92 Å². The maximum Gasteiger partial charge on any atom is 0.410 e. The lowest BCUT2D eigenvalue weighted by atomic mass is 10.1. The molecule has 0 spiro atoms. The Bertz CT molecular complexity index is 530. The number of halogens is 2. The molecule has 130 valence electrons. The Morgan fingerprint density at radius 1 is 1.30 bits per heavy atom. The first kappa shape index (κ1) is 20.1. The van der Waals surface area contributed by atoms with Crippen molar-refractivity contribution >= 4 is 29.3 Å². The molecule has 4 nitrogen and oxygen atoms in total. The second-order valence-corrected chi connectivity index (χ2v) is 7.66. The first-order valence-electron chi connectivity index (χ1n) is 7.67. The van der Waals surface area contributed by atoms with Gasteiger partial charge in [0.2, 0.25) is 0 Å². The molecule has 0 heterocycles. The zero-order valence-electron chi connectivity index (χ0n) is 14.5. The number of hydrogen-bond donors (Lipinski definition) is 1. The lowest BCUT2D eigenvalue weighted by Gasteiger charge is -2.26. The fourth-order valence-electron chi connectivity index (χ4n) is 2.06. The second kappa shape index (κ2) is 8.76. The normalized spacial score (nSPS) is 12.8. The molecule has 0 bridgehead atoms. The van der Waals surface area contributed by atoms with Gasteiger partial charge in [0, 0.05) is 20.1 Å². The van der Waals surface area contributed by atoms with Gasteiger partial charge in [0.25, 0.3) is 0 Å². The number of benzene rings is 1. The summed E-state index contributed by atoms with van der Waals surface area (Å²) < 4.78 is 5.34. The van der Waals surface area contributed by atoms with E-state index in [1.807, 2.05) is 32.9 Å². The van der Waals surface area contributed by atoms with Gasteiger partial charge in [-0.25, -0.2) is 4.79 Å². The molecule has 0 aromatic heterocycles. The smallest absolute Gasteiger partial charge is 0.410 e. The van der Waals surface area contributed by atoms with E-state index in [4.69, 9.17) is 27.9 Å². The Kier molecular flexibility index (Phi) is 7.65. The molecule has 6 heteroatoms. The highest BCUT2D eigenvalue weighted by Crippen LogP contribution is 2.22. The quantitative estimate of drug-likeness (QED) is 0.806. The number of amides is 1. The van der Waals surface area contributed by atoms with Crippen LogP contribution in [0.25, 0.3) is 0 Å². The van der Waals surface area contributed by atoms with Crippen molar-refractivity contribution in [3.05, 3.63) is 33.8 Å². The second-order valence-electron chi connectivity index (χ2n) is 6.85. The van der Waals surface area contributed by atoms with E-state index in [-0.39, 0.29) is 6.09 Å². The number of carbonyl (C=O) groups is 1. The molecular weight excluding hydrogens is 335 g/mol. The van der Waals surface area contributed by atoms with Gasteiger partial charge in [0.15, 0.2) is 0 Å². The Labute approximate surface area is 149 Å². The molecule has 1 N–H and O–H groups in total. The van der Waals surface area contributed by atoms with Gasteiger partial charge >= 0.3 is 6.09 Å². The van der Waals surface area contributed by atoms with Gasteiger partial charge in [-0.15, -0.1) is 0 Å². The van der Waals surface area contributed by atoms with Crippen LogP contribution in [-0.2, 0) is 11.3 Å². The predicted octanol–water partition coefficient (Wildman–Crippen LogP) is 4.59. The van der Waals surface area contributed by atoms with Gasteiger partial charge in [0.05, 0.1) is 10.0 Å². The van der Waals surface area contributed by atoms with E-state index in [0.29, 0.717) is 29.1 Å². The van der Waals surface area contributed by atoms with Crippen molar-refractivity contribution in [1.29, 1.82) is 0 Å². The molecule has 0 aliphatic rings. The van der Waals surface area contributed by atoms with E-state index in [1.54, 1.807) is 18.0 Å². The monoisotopic (exact) mass is 360 g/mol. The highest BCUT2D eigenvalue weighted by molar-refractivity contribution is 6.42. The average molecular weight is 361 g/mol. The van der Waals surface area contributed by atoms with Crippen molar-refractivity contribution in [2.24, 2.45) is 5.92 Å². The number of hydrogen-bond acceptors (Lipinski definition) is 3. The summed E-state index contributed by atoms with van der Waals surface area (Å²) in [6.07, 6.45) is -0.297. The van der Waals surface area contributed by atoms with Crippen LogP contribution in [0.5, 0.6) is 0 Å². The molecule has 1 atom stereocenters. The van der Waals surface area contributed by atoms with E-state index in [0.717, 1.165) is 12.1 Å². The third-order valence-corrected chi connectivity index (χ3v) is 3.84. The first-order valence-corrected chi connectivity index (χ1v) is 8.43. The lowest BCUT2D eigenvalue weighted by Crippen LogP contribution is -2.38. The number of nitrogens with zero attached hydrogens (tertiary/aromatic N) is 1. The molecule has 1 aromatic rings. The minimum absolute atomic E-state index is 0.297. The molecule has 0 saturated carbocycles. The van der Waals surface area contributed by atoms with E-state index >= 15 is 0 Å². The molecule has 0 saturated heterocycles. The summed E-state index contributed by atoms with van der Waals surface area (Å²) in [7, 11) is 1.75. The van der Waals surface area contributed by atoms with Crippen molar-refractivity contribution in [1.82, 2.24) is 10.2 Å². The molecular formula is C17H26Cl2N2O2. The lowest BCUT2D eigenvalue weighted by molar-refractivity contribution is 0.0277. The van der Waals surface area contributed by atoms with Crippen molar-refractivity contribution in [3.63, 3.8) is 0 Å². The summed E-state index contributed by atoms with van der Waals surface area (Å²) in [4.78, 5) is 13.5. The van der Waals surface area contributed by atoms with Crippen LogP contribution in [0.4, 0.5) is 4.79 Å². The van der Waals surface area contributed by atoms with Gasteiger partial charge in [-0.2, -0.15) is 0 Å². The molecule has 1 amide bonds. The largest absolute Gasteiger partial charge is 0.444 e. The highest BCUT2D eigenvalue weighted by atomic mass is 35.5. The zero-order valence-corrected chi connectivity index (χ0v) is 16.0. The predicted molar refractivity (Wildman–Crippen MR) is 96.2 cm³/mol. The molecule has 0 aliphatic heterocycles. The minimum atomic E-state index is -0.472. The molecule has 1 rings (SSSR count). The van der Waals surface area contributed by atoms with Crippen molar-refractivity contribution in [2.75, 3.05) is 20.1 Å². The van der Waals surface area contributed by atoms with E-state index in [9.17, 15) is 4.79 Å². The van der Waals surface area contributed by atoms with E-state index in [2.05, 4.69) is 12.2 Å². The molecule has 23 heavy (non-hydrogen) atoms. The van der Waals surface area contributed by atoms with Crippen LogP contribution in [-0.4, -0.2) is 36.7 Å². The van der Waals surface area contributed by atoms with Crippen LogP contribution in [0.3, 0.4) is 0 Å². The third-order valence-electron chi connectivity index (χ3n) is 3.10. The van der Waals surface area contributed by atoms with Crippen LogP contribution in [0.15, 0.2) is 18.2 Å². The Morgan fingerprint density at radius 3 is 2.52 bits per heavy atom. The summed E-state index contributed by atoms with van der Waals surface area (Å²) in [5.74, 6) is 0.301. The number of ether oxygens (including phenoxy) is 1. The number of nitrogens with one attached hydrogen (secondary N) is 1. The summed E-state index contributed by atoms with van der Waals surface area (Å²) in [6.45, 7) is 9.79. The topological polar surface area (TPSA) is 41.6 Å². The van der Waals surface area contributed by atoms with Gasteiger partial charge in [-0.3, -0.25) is 0 Å². The van der Waals surface area contributed by atoms with Crippen molar-refractivity contribution < 1.29 is 9.53 Å². The standard InChI is InChI=1S/C17H26Cl2N2O2/c1-12(11-21(5)16(22)23-17(2,3)4)9-20-10-13-6-7-14(18)15(19)8-13/h6-8,12,20H,9-11H2,1-5H3. The SMILES string of the molecule is CC(CNCc1ccc(Cl)c(Cl)c1)CN(C)C(=O)OC(C)(C)C. The van der Waals surface area contributed by atoms with Gasteiger partial charge in [-0.1, -0.05) is 36.2 Å². The fourth-order valence-corrected chi connectivity index (χ4v) is 2.38. The van der Waals surface area contributed by atoms with E-state index in [1.165, 1.54) is 0 Å². The maximum absolute atomic E-state index is 11.9. The fraction of sp³-hybridized carbons (Fsp3) is 0.588. The van der Waals surface area contributed by atoms with Crippen molar-refractivity contribution in [2.45, 2.75) is 39.8 Å². The van der Waals surface area contributed by atoms with E-state index < -0.39 is 5.60 Å². The summed E-state index contributed by atoms with van der Waals surface area (Å²) in [6, 6.07) is 5.59.